The third-order valence-corrected chi connectivity index (χ3v) is 21.5. The summed E-state index contributed by atoms with van der Waals surface area (Å²) in [7, 11) is 8.36. The van der Waals surface area contributed by atoms with Gasteiger partial charge < -0.3 is 107 Å². The van der Waals surface area contributed by atoms with Gasteiger partial charge in [0.1, 0.15) is 67.4 Å². The van der Waals surface area contributed by atoms with E-state index in [2.05, 4.69) is 47.9 Å². The van der Waals surface area contributed by atoms with Gasteiger partial charge in [0.15, 0.2) is 0 Å². The number of alkyl carbamates (subject to hydrolysis) is 1. The van der Waals surface area contributed by atoms with Gasteiger partial charge in [0.25, 0.3) is 0 Å². The topological polar surface area (TPSA) is 459 Å². The van der Waals surface area contributed by atoms with E-state index in [0.29, 0.717) is 37.9 Å². The zero-order valence-corrected chi connectivity index (χ0v) is 68.3. The Kier molecular flexibility index (Phi) is 37.9. The second-order valence-electron chi connectivity index (χ2n) is 31.3. The molecule has 0 aromatic heterocycles. The van der Waals surface area contributed by atoms with Crippen LogP contribution in [-0.2, 0) is 86.3 Å². The maximum absolute atomic E-state index is 14.7. The minimum atomic E-state index is -1.61. The maximum atomic E-state index is 14.7. The monoisotopic (exact) mass is 1600 g/mol. The molecule has 634 valence electrons. The van der Waals surface area contributed by atoms with Crippen molar-refractivity contribution < 1.29 is 96.9 Å². The molecule has 33 heteroatoms. The molecule has 33 nitrogen and oxygen atoms in total. The number of anilines is 1. The van der Waals surface area contributed by atoms with Crippen LogP contribution in [0.3, 0.4) is 0 Å². The number of hydrogen-bond acceptors (Lipinski definition) is 21. The highest BCUT2D eigenvalue weighted by Gasteiger charge is 2.48. The van der Waals surface area contributed by atoms with E-state index in [1.165, 1.54) is 14.2 Å². The first-order valence-electron chi connectivity index (χ1n) is 39.6. The lowest BCUT2D eigenvalue weighted by Crippen LogP contribution is -2.59. The van der Waals surface area contributed by atoms with Gasteiger partial charge in [-0.2, -0.15) is 0 Å². The number of hydrogen-bond donors (Lipinski definition) is 14. The molecular formula is C81H125N13O20. The fraction of sp³-hybridized carbons (Fsp3) is 0.642. The number of benzene rings is 3. The van der Waals surface area contributed by atoms with E-state index in [-0.39, 0.29) is 93.9 Å². The van der Waals surface area contributed by atoms with Crippen LogP contribution < -0.4 is 53.6 Å². The molecule has 3 fully saturated rings. The summed E-state index contributed by atoms with van der Waals surface area (Å²) in [5.74, 6) is -6.32. The summed E-state index contributed by atoms with van der Waals surface area (Å²) in [4.78, 5) is 156. The molecule has 3 saturated heterocycles. The number of nitrogens with zero attached hydrogens (tertiary/aromatic N) is 3. The van der Waals surface area contributed by atoms with Crippen molar-refractivity contribution in [2.24, 2.45) is 35.3 Å². The van der Waals surface area contributed by atoms with Crippen molar-refractivity contribution in [2.45, 2.75) is 236 Å². The van der Waals surface area contributed by atoms with Gasteiger partial charge in [-0.15, -0.1) is 0 Å². The number of methoxy groups -OCH3 is 2. The maximum Gasteiger partial charge on any atom is 0.407 e. The molecule has 0 aliphatic carbocycles. The first kappa shape index (κ1) is 93.9. The second-order valence-corrected chi connectivity index (χ2v) is 31.3. The molecule has 3 aliphatic rings. The number of likely N-dealkylation sites (N-methyl/N-ethyl adjacent to an activating group) is 2. The van der Waals surface area contributed by atoms with Crippen LogP contribution in [0, 0.1) is 29.6 Å². The Bertz CT molecular complexity index is 3590. The number of aliphatic hydroxyl groups is 4. The highest BCUT2D eigenvalue weighted by atomic mass is 16.6. The lowest BCUT2D eigenvalue weighted by Gasteiger charge is -2.41. The quantitative estimate of drug-likeness (QED) is 0.0357. The average molecular weight is 1600 g/mol. The van der Waals surface area contributed by atoms with Crippen molar-refractivity contribution in [1.82, 2.24) is 57.2 Å². The van der Waals surface area contributed by atoms with Gasteiger partial charge in [-0.3, -0.25) is 48.1 Å². The van der Waals surface area contributed by atoms with Crippen molar-refractivity contribution in [2.75, 3.05) is 73.4 Å². The highest BCUT2D eigenvalue weighted by molar-refractivity contribution is 5.98. The smallest absolute Gasteiger partial charge is 0.407 e. The van der Waals surface area contributed by atoms with Gasteiger partial charge in [0.2, 0.25) is 53.2 Å². The predicted molar refractivity (Wildman–Crippen MR) is 423 cm³/mol. The molecule has 114 heavy (non-hydrogen) atoms. The first-order chi connectivity index (χ1) is 54.1. The number of primary amides is 1. The lowest BCUT2D eigenvalue weighted by atomic mass is 9.89. The number of nitrogens with one attached hydrogen (secondary N) is 9. The Morgan fingerprint density at radius 3 is 1.71 bits per heavy atom. The summed E-state index contributed by atoms with van der Waals surface area (Å²) in [6.45, 7) is 16.7. The molecule has 0 saturated carbocycles. The zero-order valence-electron chi connectivity index (χ0n) is 68.3. The number of amides is 12. The Morgan fingerprint density at radius 1 is 0.588 bits per heavy atom. The van der Waals surface area contributed by atoms with Crippen molar-refractivity contribution in [1.29, 1.82) is 0 Å². The SMILES string of the molecule is CC[C@H](C)C(C(CC(=O)N1CCCC1C(OC)C(C)C(=O)N[C@@H](Cc1ccccc1)C(=O)NCCc1ccc(NC(=O)C(CCCNC(N)=O)NC(=O)[C@H](NC(=O)C[C@@H]2O[C@H](CNC(=O)CC3OC(CNC(=O)OCc4ccccc4)[C@@H](O)[C@H]3O)C(O)C2O)C(C)C)cc1)OC)N(C)C(=O)[C@@H](NC(=O)C(C(C)C)N(C)C)C(C)C. The molecular weight excluding hydrogens is 1470 g/mol. The van der Waals surface area contributed by atoms with Crippen molar-refractivity contribution in [3.8, 4) is 0 Å². The molecule has 12 amide bonds. The number of likely N-dealkylation sites (tertiary alicyclic amines) is 1. The van der Waals surface area contributed by atoms with Crippen LogP contribution in [0.15, 0.2) is 84.9 Å². The van der Waals surface area contributed by atoms with Crippen LogP contribution in [0.1, 0.15) is 130 Å². The molecule has 3 heterocycles. The van der Waals surface area contributed by atoms with Gasteiger partial charge >= 0.3 is 12.1 Å². The predicted octanol–water partition coefficient (Wildman–Crippen LogP) is 1.53. The normalized spacial score (nSPS) is 22.1. The van der Waals surface area contributed by atoms with Gasteiger partial charge in [0.05, 0.1) is 67.7 Å². The molecule has 11 unspecified atom stereocenters. The zero-order chi connectivity index (χ0) is 84.2. The van der Waals surface area contributed by atoms with Crippen LogP contribution in [0.2, 0.25) is 0 Å². The lowest BCUT2D eigenvalue weighted by molar-refractivity contribution is -0.148. The van der Waals surface area contributed by atoms with Crippen LogP contribution in [0.5, 0.6) is 0 Å². The van der Waals surface area contributed by atoms with Crippen molar-refractivity contribution in [3.63, 3.8) is 0 Å². The summed E-state index contributed by atoms with van der Waals surface area (Å²) in [6.07, 6.45) is -11.8. The number of rotatable bonds is 44. The van der Waals surface area contributed by atoms with E-state index in [9.17, 15) is 73.2 Å². The first-order valence-corrected chi connectivity index (χ1v) is 39.6. The summed E-state index contributed by atoms with van der Waals surface area (Å²) >= 11 is 0. The molecule has 0 radical (unpaired) electrons. The Labute approximate surface area is 669 Å². The molecule has 3 aromatic carbocycles. The van der Waals surface area contributed by atoms with Crippen LogP contribution in [-0.4, -0.2) is 272 Å². The second kappa shape index (κ2) is 46.0. The summed E-state index contributed by atoms with van der Waals surface area (Å²) < 4.78 is 28.9. The van der Waals surface area contributed by atoms with Gasteiger partial charge in [-0.25, -0.2) is 9.59 Å². The molecule has 0 spiro atoms. The molecule has 3 aromatic rings. The van der Waals surface area contributed by atoms with E-state index < -0.39 is 176 Å². The number of nitrogens with two attached hydrogens (primary N) is 1. The summed E-state index contributed by atoms with van der Waals surface area (Å²) in [5, 5.41) is 67.8. The number of carbonyl (C=O) groups is 11. The van der Waals surface area contributed by atoms with E-state index in [1.54, 1.807) is 86.1 Å². The van der Waals surface area contributed by atoms with Gasteiger partial charge in [-0.05, 0) is 98.7 Å². The number of carbonyl (C=O) groups excluding carboxylic acids is 11. The summed E-state index contributed by atoms with van der Waals surface area (Å²) in [6, 6.07) is 18.2. The van der Waals surface area contributed by atoms with E-state index in [1.807, 2.05) is 96.9 Å². The van der Waals surface area contributed by atoms with E-state index in [0.717, 1.165) is 16.7 Å². The summed E-state index contributed by atoms with van der Waals surface area (Å²) in [5.41, 5.74) is 7.94. The van der Waals surface area contributed by atoms with Crippen LogP contribution in [0.25, 0.3) is 0 Å². The van der Waals surface area contributed by atoms with E-state index in [4.69, 9.17) is 29.4 Å². The number of urea groups is 1. The standard InChI is InChI=1S/C81H125N13O20/c1-15-48(8)68(93(12)79(107)66(46(4)5)91-78(106)67(47(6)7)92(10)11)57(110-13)41-64(97)94-37-23-29-56(94)73(111-14)49(9)74(102)89-55(38-51-24-18-16-19-25-51)75(103)83-36-34-50-30-32-53(33-31-50)87-76(104)54(28-22-35-84-80(82)108)88-77(105)65(45(2)3)90-63(96)40-59-70(99)71(100)60(114-59)42-85-62(95)39-58-69(98)72(101)61(113-58)43-86-81(109)112-44-52-26-20-17-21-27-52/h16-21,24-27,30-33,45-49,54-61,65-73,98-101H,15,22-23,28-29,34-44H2,1-14H3,(H,83,103)(H,85,95)(H,86,109)(H,87,104)(H,88,105)(H,89,102)(H,90,96)(H,91,106)(H3,82,84,108)/t48-,49?,54?,55-,56?,57?,58?,59-,60+,61?,65+,66-,67?,68?,69-,70?,71?,72+,73?/m0/s1. The molecule has 3 aliphatic heterocycles. The van der Waals surface area contributed by atoms with Gasteiger partial charge in [-0.1, -0.05) is 142 Å². The molecule has 0 bridgehead atoms. The highest BCUT2D eigenvalue weighted by Crippen LogP contribution is 2.32. The fourth-order valence-corrected chi connectivity index (χ4v) is 15.0. The fourth-order valence-electron chi connectivity index (χ4n) is 15.0. The van der Waals surface area contributed by atoms with Crippen LogP contribution >= 0.6 is 0 Å². The van der Waals surface area contributed by atoms with E-state index >= 15 is 0 Å². The Hall–Kier alpha value is -8.93. The van der Waals surface area contributed by atoms with Gasteiger partial charge in [0, 0.05) is 66.1 Å². The largest absolute Gasteiger partial charge is 0.445 e. The van der Waals surface area contributed by atoms with Crippen LogP contribution in [0.4, 0.5) is 15.3 Å². The number of ether oxygens (including phenoxy) is 5. The average Bonchev–Trinajstić information content (AvgIpc) is 1.50. The molecule has 19 atom stereocenters. The number of aliphatic hydroxyl groups excluding tert-OH is 4. The minimum absolute atomic E-state index is 0.00444. The van der Waals surface area contributed by atoms with Crippen molar-refractivity contribution in [3.05, 3.63) is 102 Å². The molecule has 15 N–H and O–H groups in total. The van der Waals surface area contributed by atoms with Crippen molar-refractivity contribution >= 4 is 71.0 Å². The Balaban J connectivity index is 1.01. The molecule has 6 rings (SSSR count). The minimum Gasteiger partial charge on any atom is -0.445 e. The third kappa shape index (κ3) is 27.6. The third-order valence-electron chi connectivity index (χ3n) is 21.5. The Morgan fingerprint density at radius 2 is 1.16 bits per heavy atom.